The molecule has 24 nitrogen and oxygen atoms in total. The number of carbonyl (C=O) groups excluding carboxylic acids is 2. The van der Waals surface area contributed by atoms with Gasteiger partial charge in [-0.25, -0.2) is 0 Å². The van der Waals surface area contributed by atoms with Crippen LogP contribution in [0.15, 0.2) is 11.6 Å². The third-order valence-corrected chi connectivity index (χ3v) is 21.4. The molecule has 28 atom stereocenters. The standard InChI is InChI=1S/C55H86O24/c1-23-32(60)34(62)36(64)43(72-23)77-40-39(76-46-41(66)55(70,21-57)22-71-46)38(74-25(3)58)24(2)73-45(40)79-48(69)54-16-14-49(4,5)18-27(54)26-10-11-30-50(6)19-28(59)42(78-44-37(65)35(63)33(61)29(20-56)75-44)53(9,47(67)68)31(50)12-13-52(30,8)51(26,7)15-17-54/h10,23-24,27-46,56-57,59-66,70H,11-22H2,1-9H3,(H,67,68)/t23-,24-,27-,28-,29+,30+,31+,32-,33+,34+,35-,36+,37+,38-,39-,40+,41-,42-,43-,44-,45-,46-,50+,51+,52+,53-,54-,55+/m0/s1. The summed E-state index contributed by atoms with van der Waals surface area (Å²) in [7, 11) is 0. The first-order valence-corrected chi connectivity index (χ1v) is 28.0. The lowest BCUT2D eigenvalue weighted by Gasteiger charge is -2.71. The van der Waals surface area contributed by atoms with Crippen molar-refractivity contribution in [2.75, 3.05) is 19.8 Å². The monoisotopic (exact) mass is 1130 g/mol. The van der Waals surface area contributed by atoms with Gasteiger partial charge >= 0.3 is 17.9 Å². The quantitative estimate of drug-likeness (QED) is 0.0651. The lowest BCUT2D eigenvalue weighted by molar-refractivity contribution is -0.372. The topological polar surface area (TPSA) is 377 Å². The first-order chi connectivity index (χ1) is 36.8. The van der Waals surface area contributed by atoms with E-state index in [4.69, 9.17) is 42.6 Å². The van der Waals surface area contributed by atoms with Crippen LogP contribution >= 0.6 is 0 Å². The number of carboxylic acid groups (broad SMARTS) is 1. The van der Waals surface area contributed by atoms with Gasteiger partial charge in [-0.3, -0.25) is 14.4 Å². The maximum atomic E-state index is 15.7. The van der Waals surface area contributed by atoms with Gasteiger partial charge in [0.1, 0.15) is 66.6 Å². The van der Waals surface area contributed by atoms with Gasteiger partial charge in [0.2, 0.25) is 6.29 Å². The number of hydrogen-bond acceptors (Lipinski definition) is 23. The lowest BCUT2D eigenvalue weighted by atomic mass is 9.33. The molecule has 0 unspecified atom stereocenters. The first-order valence-electron chi connectivity index (χ1n) is 28.0. The summed E-state index contributed by atoms with van der Waals surface area (Å²) >= 11 is 0. The summed E-state index contributed by atoms with van der Waals surface area (Å²) in [5.41, 5.74) is -6.18. The number of hydrogen-bond donors (Lipinski definition) is 12. The van der Waals surface area contributed by atoms with Gasteiger partial charge in [-0.05, 0) is 118 Å². The molecule has 12 N–H and O–H groups in total. The number of fused-ring (bicyclic) bond motifs is 7. The van der Waals surface area contributed by atoms with E-state index in [2.05, 4.69) is 33.8 Å². The number of aliphatic hydroxyl groups excluding tert-OH is 10. The van der Waals surface area contributed by atoms with Gasteiger partial charge in [-0.1, -0.05) is 46.3 Å². The van der Waals surface area contributed by atoms with Gasteiger partial charge in [-0.2, -0.15) is 0 Å². The van der Waals surface area contributed by atoms with E-state index in [-0.39, 0.29) is 17.8 Å². The fraction of sp³-hybridized carbons (Fsp3) is 0.909. The van der Waals surface area contributed by atoms with Crippen molar-refractivity contribution in [2.45, 2.75) is 242 Å². The van der Waals surface area contributed by atoms with Crippen LogP contribution < -0.4 is 0 Å². The molecule has 79 heavy (non-hydrogen) atoms. The Kier molecular flexibility index (Phi) is 16.6. The Morgan fingerprint density at radius 2 is 1.29 bits per heavy atom. The number of rotatable bonds is 12. The highest BCUT2D eigenvalue weighted by Gasteiger charge is 2.73. The Hall–Kier alpha value is -2.57. The van der Waals surface area contributed by atoms with E-state index in [1.807, 2.05) is 6.92 Å². The van der Waals surface area contributed by atoms with Gasteiger partial charge in [0, 0.05) is 6.92 Å². The molecule has 0 amide bonds. The van der Waals surface area contributed by atoms with E-state index >= 15 is 4.79 Å². The molecule has 4 aliphatic heterocycles. The Morgan fingerprint density at radius 3 is 1.91 bits per heavy atom. The van der Waals surface area contributed by atoms with Gasteiger partial charge < -0.3 is 104 Å². The molecule has 4 heterocycles. The fourth-order valence-corrected chi connectivity index (χ4v) is 16.5. The second kappa shape index (κ2) is 21.5. The molecule has 0 bridgehead atoms. The summed E-state index contributed by atoms with van der Waals surface area (Å²) in [6.45, 7) is 14.2. The van der Waals surface area contributed by atoms with Crippen LogP contribution in [0.25, 0.3) is 0 Å². The van der Waals surface area contributed by atoms with Crippen LogP contribution in [0.5, 0.6) is 0 Å². The predicted molar refractivity (Wildman–Crippen MR) is 267 cm³/mol. The molecule has 0 spiro atoms. The third-order valence-electron chi connectivity index (χ3n) is 21.4. The van der Waals surface area contributed by atoms with E-state index in [1.54, 1.807) is 0 Å². The zero-order valence-electron chi connectivity index (χ0n) is 46.5. The number of esters is 2. The number of carboxylic acids is 1. The number of ether oxygens (including phenoxy) is 9. The Bertz CT molecular complexity index is 2300. The van der Waals surface area contributed by atoms with E-state index < -0.39 is 199 Å². The van der Waals surface area contributed by atoms with Crippen LogP contribution in [0, 0.1) is 50.2 Å². The molecule has 0 aromatic carbocycles. The van der Waals surface area contributed by atoms with Gasteiger partial charge in [0.25, 0.3) is 0 Å². The first kappa shape index (κ1) is 61.0. The number of aliphatic hydroxyl groups is 11. The maximum Gasteiger partial charge on any atom is 0.315 e. The predicted octanol–water partition coefficient (Wildman–Crippen LogP) is -0.733. The van der Waals surface area contributed by atoms with E-state index in [9.17, 15) is 70.9 Å². The molecule has 0 aromatic heterocycles. The summed E-state index contributed by atoms with van der Waals surface area (Å²) in [5.74, 6) is -3.85. The SMILES string of the molecule is CC(=O)O[C@@H]1[C@H](O[C@@H]2OC[C@](O)(CO)[C@H]2O)[C@@H](O[C@@H]2O[C@@H](C)[C@H](O)[C@@H](O)[C@H]2O)[C@H](OC(=O)[C@]23CCC(C)(C)C[C@H]2C2=CC[C@@H]4[C@@]5(C)C[C@H](O)[C@H](O[C@@H]6O[C@H](CO)[C@@H](O)[C@H](O)[C@H]6O)[C@@](C)(C(=O)O)[C@@H]5CC[C@@]4(C)[C@]2(C)CC3)O[C@H]1C. The average Bonchev–Trinajstić information content (AvgIpc) is 2.66. The molecule has 9 aliphatic rings. The highest BCUT2D eigenvalue weighted by Crippen LogP contribution is 2.76. The molecule has 9 rings (SSSR count). The number of allylic oxidation sites excluding steroid dienone is 2. The molecule has 450 valence electrons. The van der Waals surface area contributed by atoms with Crippen LogP contribution in [-0.4, -0.2) is 221 Å². The molecule has 0 aromatic rings. The van der Waals surface area contributed by atoms with Crippen LogP contribution in [0.3, 0.4) is 0 Å². The van der Waals surface area contributed by atoms with Crippen molar-refractivity contribution < 1.29 is 118 Å². The Labute approximate surface area is 459 Å². The average molecular weight is 1130 g/mol. The molecular formula is C55H86O24. The van der Waals surface area contributed by atoms with Crippen molar-refractivity contribution >= 4 is 17.9 Å². The van der Waals surface area contributed by atoms with Crippen molar-refractivity contribution in [3.8, 4) is 0 Å². The van der Waals surface area contributed by atoms with Crippen LogP contribution in [0.2, 0.25) is 0 Å². The maximum absolute atomic E-state index is 15.7. The molecule has 24 heteroatoms. The lowest BCUT2D eigenvalue weighted by Crippen LogP contribution is -2.70. The third kappa shape index (κ3) is 9.73. The fourth-order valence-electron chi connectivity index (χ4n) is 16.5. The number of aliphatic carboxylic acids is 1. The minimum atomic E-state index is -2.16. The van der Waals surface area contributed by atoms with Crippen molar-refractivity contribution in [2.24, 2.45) is 50.2 Å². The normalized spacial score (nSPS) is 53.3. The summed E-state index contributed by atoms with van der Waals surface area (Å²) in [6.07, 6.45) is -24.0. The second-order valence-corrected chi connectivity index (χ2v) is 26.4. The van der Waals surface area contributed by atoms with Crippen LogP contribution in [-0.2, 0) is 57.0 Å². The van der Waals surface area contributed by atoms with Crippen LogP contribution in [0.4, 0.5) is 0 Å². The molecule has 4 saturated carbocycles. The van der Waals surface area contributed by atoms with E-state index in [1.165, 1.54) is 20.8 Å². The largest absolute Gasteiger partial charge is 0.481 e. The molecule has 0 radical (unpaired) electrons. The van der Waals surface area contributed by atoms with Gasteiger partial charge in [0.05, 0.1) is 49.0 Å². The van der Waals surface area contributed by atoms with Crippen LogP contribution in [0.1, 0.15) is 120 Å². The van der Waals surface area contributed by atoms with Crippen molar-refractivity contribution in [1.82, 2.24) is 0 Å². The minimum absolute atomic E-state index is 0.108. The Morgan fingerprint density at radius 1 is 0.671 bits per heavy atom. The zero-order chi connectivity index (χ0) is 58.1. The molecule has 4 saturated heterocycles. The minimum Gasteiger partial charge on any atom is -0.481 e. The summed E-state index contributed by atoms with van der Waals surface area (Å²) < 4.78 is 54.8. The van der Waals surface area contributed by atoms with Crippen molar-refractivity contribution in [3.05, 3.63) is 11.6 Å². The summed E-state index contributed by atoms with van der Waals surface area (Å²) in [4.78, 5) is 42.2. The van der Waals surface area contributed by atoms with Crippen molar-refractivity contribution in [3.63, 3.8) is 0 Å². The highest BCUT2D eigenvalue weighted by molar-refractivity contribution is 5.79. The van der Waals surface area contributed by atoms with Gasteiger partial charge in [0.15, 0.2) is 31.1 Å². The molecule has 5 aliphatic carbocycles. The van der Waals surface area contributed by atoms with E-state index in [0.717, 1.165) is 12.5 Å². The molecular weight excluding hydrogens is 1040 g/mol. The van der Waals surface area contributed by atoms with E-state index in [0.29, 0.717) is 51.4 Å². The van der Waals surface area contributed by atoms with Gasteiger partial charge in [-0.15, -0.1) is 0 Å². The smallest absolute Gasteiger partial charge is 0.315 e. The Balaban J connectivity index is 1.04. The zero-order valence-corrected chi connectivity index (χ0v) is 46.5. The number of carbonyl (C=O) groups is 3. The summed E-state index contributed by atoms with van der Waals surface area (Å²) in [5, 5.41) is 130. The van der Waals surface area contributed by atoms with Crippen molar-refractivity contribution in [1.29, 1.82) is 0 Å². The summed E-state index contributed by atoms with van der Waals surface area (Å²) in [6, 6.07) is 0. The second-order valence-electron chi connectivity index (χ2n) is 26.4. The highest BCUT2D eigenvalue weighted by atomic mass is 16.8. The molecule has 8 fully saturated rings.